The van der Waals surface area contributed by atoms with Crippen LogP contribution < -0.4 is 10.6 Å². The van der Waals surface area contributed by atoms with E-state index in [0.717, 1.165) is 20.6 Å². The average Bonchev–Trinajstić information content (AvgIpc) is 3.13. The van der Waals surface area contributed by atoms with Gasteiger partial charge in [0.25, 0.3) is 0 Å². The first-order valence-electron chi connectivity index (χ1n) is 7.59. The summed E-state index contributed by atoms with van der Waals surface area (Å²) >= 11 is 5.07. The largest absolute Gasteiger partial charge is 0.376 e. The minimum atomic E-state index is -0.122. The molecule has 0 unspecified atom stereocenters. The van der Waals surface area contributed by atoms with Crippen LogP contribution in [-0.2, 0) is 4.79 Å². The van der Waals surface area contributed by atoms with Gasteiger partial charge in [0, 0.05) is 15.0 Å². The molecule has 0 aliphatic heterocycles. The van der Waals surface area contributed by atoms with Crippen molar-refractivity contribution in [3.63, 3.8) is 0 Å². The van der Waals surface area contributed by atoms with Gasteiger partial charge in [0.2, 0.25) is 5.91 Å². The van der Waals surface area contributed by atoms with Crippen molar-refractivity contribution < 1.29 is 4.79 Å². The first-order chi connectivity index (χ1) is 11.7. The third kappa shape index (κ3) is 4.46. The number of carbonyl (C=O) groups is 1. The van der Waals surface area contributed by atoms with E-state index in [1.807, 2.05) is 72.1 Å². The lowest BCUT2D eigenvalue weighted by atomic mass is 10.1. The van der Waals surface area contributed by atoms with Gasteiger partial charge in [0.15, 0.2) is 0 Å². The zero-order valence-corrected chi connectivity index (χ0v) is 15.3. The van der Waals surface area contributed by atoms with E-state index in [0.29, 0.717) is 0 Å². The standard InChI is InChI=1S/C19H17BrN2OS/c20-15-8-4-9-16(12-15)21-13-18(23)22-19(17-10-5-11-24-17)14-6-2-1-3-7-14/h1-12,19,21H,13H2,(H,22,23)/t19-/m0/s1. The molecule has 1 aromatic heterocycles. The predicted molar refractivity (Wildman–Crippen MR) is 103 cm³/mol. The number of hydrogen-bond donors (Lipinski definition) is 2. The molecule has 3 nitrogen and oxygen atoms in total. The van der Waals surface area contributed by atoms with E-state index in [2.05, 4.69) is 26.6 Å². The molecule has 0 aliphatic carbocycles. The van der Waals surface area contributed by atoms with Crippen LogP contribution in [0.1, 0.15) is 16.5 Å². The number of thiophene rings is 1. The Kier molecular flexibility index (Phi) is 5.67. The van der Waals surface area contributed by atoms with Gasteiger partial charge in [-0.25, -0.2) is 0 Å². The van der Waals surface area contributed by atoms with Crippen LogP contribution in [0, 0.1) is 0 Å². The molecular weight excluding hydrogens is 384 g/mol. The molecular formula is C19H17BrN2OS. The summed E-state index contributed by atoms with van der Waals surface area (Å²) in [6.45, 7) is 0.227. The van der Waals surface area contributed by atoms with Crippen molar-refractivity contribution in [3.8, 4) is 0 Å². The van der Waals surface area contributed by atoms with E-state index in [4.69, 9.17) is 0 Å². The summed E-state index contributed by atoms with van der Waals surface area (Å²) < 4.78 is 0.980. The van der Waals surface area contributed by atoms with Crippen LogP contribution in [0.4, 0.5) is 5.69 Å². The Labute approximate surface area is 153 Å². The summed E-state index contributed by atoms with van der Waals surface area (Å²) in [7, 11) is 0. The Morgan fingerprint density at radius 2 is 1.88 bits per heavy atom. The molecule has 0 aliphatic rings. The number of amides is 1. The summed E-state index contributed by atoms with van der Waals surface area (Å²) in [5, 5.41) is 8.29. The first-order valence-corrected chi connectivity index (χ1v) is 9.27. The van der Waals surface area contributed by atoms with Crippen LogP contribution in [0.15, 0.2) is 76.6 Å². The maximum absolute atomic E-state index is 12.4. The SMILES string of the molecule is O=C(CNc1cccc(Br)c1)N[C@@H](c1ccccc1)c1cccs1. The van der Waals surface area contributed by atoms with Crippen LogP contribution in [-0.4, -0.2) is 12.5 Å². The quantitative estimate of drug-likeness (QED) is 0.621. The fourth-order valence-corrected chi connectivity index (χ4v) is 3.61. The fourth-order valence-electron chi connectivity index (χ4n) is 2.41. The van der Waals surface area contributed by atoms with Gasteiger partial charge in [-0.1, -0.05) is 58.4 Å². The number of carbonyl (C=O) groups excluding carboxylic acids is 1. The normalized spacial score (nSPS) is 11.7. The predicted octanol–water partition coefficient (Wildman–Crippen LogP) is 4.83. The summed E-state index contributed by atoms with van der Waals surface area (Å²) in [6, 6.07) is 21.7. The van der Waals surface area contributed by atoms with Gasteiger partial charge in [0.05, 0.1) is 12.6 Å². The van der Waals surface area contributed by atoms with Gasteiger partial charge < -0.3 is 10.6 Å². The van der Waals surface area contributed by atoms with Crippen molar-refractivity contribution in [3.05, 3.63) is 87.0 Å². The Balaban J connectivity index is 1.68. The summed E-state index contributed by atoms with van der Waals surface area (Å²) in [6.07, 6.45) is 0. The smallest absolute Gasteiger partial charge is 0.240 e. The van der Waals surface area contributed by atoms with Gasteiger partial charge >= 0.3 is 0 Å². The zero-order chi connectivity index (χ0) is 16.8. The van der Waals surface area contributed by atoms with E-state index in [-0.39, 0.29) is 18.5 Å². The maximum Gasteiger partial charge on any atom is 0.240 e. The topological polar surface area (TPSA) is 41.1 Å². The van der Waals surface area contributed by atoms with Crippen molar-refractivity contribution in [1.29, 1.82) is 0 Å². The number of nitrogens with one attached hydrogen (secondary N) is 2. The van der Waals surface area contributed by atoms with E-state index < -0.39 is 0 Å². The second-order valence-electron chi connectivity index (χ2n) is 5.29. The van der Waals surface area contributed by atoms with E-state index in [1.54, 1.807) is 11.3 Å². The monoisotopic (exact) mass is 400 g/mol. The zero-order valence-electron chi connectivity index (χ0n) is 12.9. The Hall–Kier alpha value is -2.11. The number of anilines is 1. The van der Waals surface area contributed by atoms with Crippen molar-refractivity contribution in [2.24, 2.45) is 0 Å². The van der Waals surface area contributed by atoms with Gasteiger partial charge in [-0.3, -0.25) is 4.79 Å². The average molecular weight is 401 g/mol. The lowest BCUT2D eigenvalue weighted by Crippen LogP contribution is -2.33. The highest BCUT2D eigenvalue weighted by molar-refractivity contribution is 9.10. The highest BCUT2D eigenvalue weighted by atomic mass is 79.9. The molecule has 3 aromatic rings. The molecule has 3 rings (SSSR count). The minimum absolute atomic E-state index is 0.0442. The molecule has 5 heteroatoms. The second-order valence-corrected chi connectivity index (χ2v) is 7.19. The van der Waals surface area contributed by atoms with Crippen molar-refractivity contribution in [1.82, 2.24) is 5.32 Å². The number of hydrogen-bond acceptors (Lipinski definition) is 3. The molecule has 122 valence electrons. The molecule has 0 radical (unpaired) electrons. The molecule has 0 fully saturated rings. The van der Waals surface area contributed by atoms with Crippen LogP contribution in [0.5, 0.6) is 0 Å². The van der Waals surface area contributed by atoms with Crippen LogP contribution in [0.3, 0.4) is 0 Å². The molecule has 1 amide bonds. The molecule has 2 aromatic carbocycles. The Bertz CT molecular complexity index is 790. The molecule has 0 saturated heterocycles. The fraction of sp³-hybridized carbons (Fsp3) is 0.105. The van der Waals surface area contributed by atoms with Gasteiger partial charge in [0.1, 0.15) is 0 Å². The summed E-state index contributed by atoms with van der Waals surface area (Å²) in [4.78, 5) is 13.5. The molecule has 24 heavy (non-hydrogen) atoms. The highest BCUT2D eigenvalue weighted by Gasteiger charge is 2.17. The van der Waals surface area contributed by atoms with Crippen LogP contribution in [0.2, 0.25) is 0 Å². The van der Waals surface area contributed by atoms with Crippen molar-refractivity contribution in [2.45, 2.75) is 6.04 Å². The van der Waals surface area contributed by atoms with Gasteiger partial charge in [-0.05, 0) is 35.2 Å². The van der Waals surface area contributed by atoms with E-state index >= 15 is 0 Å². The molecule has 1 heterocycles. The van der Waals surface area contributed by atoms with Crippen molar-refractivity contribution in [2.75, 3.05) is 11.9 Å². The third-order valence-electron chi connectivity index (χ3n) is 3.54. The second kappa shape index (κ2) is 8.13. The lowest BCUT2D eigenvalue weighted by molar-refractivity contribution is -0.119. The molecule has 0 bridgehead atoms. The Morgan fingerprint density at radius 3 is 2.58 bits per heavy atom. The summed E-state index contributed by atoms with van der Waals surface area (Å²) in [5.74, 6) is -0.0442. The van der Waals surface area contributed by atoms with Crippen molar-refractivity contribution >= 4 is 38.9 Å². The first kappa shape index (κ1) is 16.7. The minimum Gasteiger partial charge on any atom is -0.376 e. The molecule has 1 atom stereocenters. The highest BCUT2D eigenvalue weighted by Crippen LogP contribution is 2.25. The van der Waals surface area contributed by atoms with Gasteiger partial charge in [-0.15, -0.1) is 11.3 Å². The maximum atomic E-state index is 12.4. The number of rotatable bonds is 6. The summed E-state index contributed by atoms with van der Waals surface area (Å²) in [5.41, 5.74) is 1.99. The van der Waals surface area contributed by atoms with E-state index in [9.17, 15) is 4.79 Å². The number of halogens is 1. The lowest BCUT2D eigenvalue weighted by Gasteiger charge is -2.18. The van der Waals surface area contributed by atoms with Crippen LogP contribution in [0.25, 0.3) is 0 Å². The molecule has 0 saturated carbocycles. The third-order valence-corrected chi connectivity index (χ3v) is 4.97. The molecule has 2 N–H and O–H groups in total. The van der Waals surface area contributed by atoms with E-state index in [1.165, 1.54) is 0 Å². The van der Waals surface area contributed by atoms with Gasteiger partial charge in [-0.2, -0.15) is 0 Å². The Morgan fingerprint density at radius 1 is 1.04 bits per heavy atom. The van der Waals surface area contributed by atoms with Crippen LogP contribution >= 0.6 is 27.3 Å². The number of benzene rings is 2. The molecule has 0 spiro atoms.